The smallest absolute Gasteiger partial charge is 0.339 e. The fourth-order valence-electron chi connectivity index (χ4n) is 3.49. The minimum atomic E-state index is -4.46. The van der Waals surface area contributed by atoms with Crippen molar-refractivity contribution in [2.45, 2.75) is 44.3 Å². The van der Waals surface area contributed by atoms with Gasteiger partial charge in [-0.25, -0.2) is 0 Å². The number of amides is 2. The van der Waals surface area contributed by atoms with E-state index < -0.39 is 23.6 Å². The summed E-state index contributed by atoms with van der Waals surface area (Å²) in [6.07, 6.45) is -0.211. The third-order valence-electron chi connectivity index (χ3n) is 4.75. The maximum atomic E-state index is 12.7. The molecule has 7 heteroatoms. The summed E-state index contributed by atoms with van der Waals surface area (Å²) in [4.78, 5) is 26.2. The van der Waals surface area contributed by atoms with Gasteiger partial charge in [-0.1, -0.05) is 18.9 Å². The van der Waals surface area contributed by atoms with E-state index in [2.05, 4.69) is 5.32 Å². The van der Waals surface area contributed by atoms with E-state index in [9.17, 15) is 22.8 Å². The molecule has 0 radical (unpaired) electrons. The molecule has 24 heavy (non-hydrogen) atoms. The van der Waals surface area contributed by atoms with Gasteiger partial charge in [-0.05, 0) is 31.0 Å². The van der Waals surface area contributed by atoms with Crippen molar-refractivity contribution in [1.29, 1.82) is 0 Å². The molecular formula is C17H19F3N2O2. The first-order valence-electron chi connectivity index (χ1n) is 8.12. The molecule has 1 aliphatic carbocycles. The Labute approximate surface area is 138 Å². The van der Waals surface area contributed by atoms with Gasteiger partial charge < -0.3 is 10.2 Å². The summed E-state index contributed by atoms with van der Waals surface area (Å²) in [7, 11) is 0. The number of benzene rings is 1. The molecule has 1 atom stereocenters. The van der Waals surface area contributed by atoms with Gasteiger partial charge in [-0.2, -0.15) is 13.2 Å². The first kappa shape index (κ1) is 16.8. The van der Waals surface area contributed by atoms with Crippen LogP contribution in [-0.2, 0) is 15.8 Å². The highest BCUT2D eigenvalue weighted by Crippen LogP contribution is 2.32. The Hall–Kier alpha value is -2.05. The van der Waals surface area contributed by atoms with Crippen LogP contribution in [-0.4, -0.2) is 29.3 Å². The Kier molecular flexibility index (Phi) is 4.51. The predicted molar refractivity (Wildman–Crippen MR) is 82.1 cm³/mol. The molecule has 1 N–H and O–H groups in total. The molecule has 2 aliphatic rings. The van der Waals surface area contributed by atoms with Crippen LogP contribution in [0.3, 0.4) is 0 Å². The average Bonchev–Trinajstić information content (AvgIpc) is 3.15. The van der Waals surface area contributed by atoms with E-state index in [4.69, 9.17) is 0 Å². The SMILES string of the molecule is O=C(Nc1cccc(C(F)(F)F)c1)[C@@H]1CC(=O)N(C2CCCC2)C1. The summed E-state index contributed by atoms with van der Waals surface area (Å²) >= 11 is 0. The Morgan fingerprint density at radius 1 is 1.21 bits per heavy atom. The Bertz CT molecular complexity index is 639. The normalized spacial score (nSPS) is 22.2. The average molecular weight is 340 g/mol. The molecule has 3 rings (SSSR count). The topological polar surface area (TPSA) is 49.4 Å². The standard InChI is InChI=1S/C17H19F3N2O2/c18-17(19,20)12-4-3-5-13(9-12)21-16(24)11-8-15(23)22(10-11)14-6-1-2-7-14/h3-5,9,11,14H,1-2,6-8,10H2,(H,21,24)/t11-/m1/s1. The number of nitrogens with one attached hydrogen (secondary N) is 1. The van der Waals surface area contributed by atoms with Crippen molar-refractivity contribution in [3.8, 4) is 0 Å². The first-order chi connectivity index (χ1) is 11.3. The zero-order chi connectivity index (χ0) is 17.3. The van der Waals surface area contributed by atoms with Crippen molar-refractivity contribution >= 4 is 17.5 Å². The lowest BCUT2D eigenvalue weighted by Crippen LogP contribution is -2.35. The molecule has 1 aromatic carbocycles. The summed E-state index contributed by atoms with van der Waals surface area (Å²) in [5, 5.41) is 2.51. The van der Waals surface area contributed by atoms with Crippen LogP contribution in [0, 0.1) is 5.92 Å². The summed E-state index contributed by atoms with van der Waals surface area (Å²) in [6.45, 7) is 0.355. The molecule has 0 bridgehead atoms. The van der Waals surface area contributed by atoms with E-state index >= 15 is 0 Å². The second-order valence-electron chi connectivity index (χ2n) is 6.45. The number of rotatable bonds is 3. The van der Waals surface area contributed by atoms with Gasteiger partial charge in [0, 0.05) is 24.7 Å². The molecular weight excluding hydrogens is 321 g/mol. The van der Waals surface area contributed by atoms with Crippen molar-refractivity contribution in [2.24, 2.45) is 5.92 Å². The number of nitrogens with zero attached hydrogens (tertiary/aromatic N) is 1. The fraction of sp³-hybridized carbons (Fsp3) is 0.529. The number of carbonyl (C=O) groups excluding carboxylic acids is 2. The van der Waals surface area contributed by atoms with E-state index in [0.717, 1.165) is 37.8 Å². The molecule has 1 saturated carbocycles. The second-order valence-corrected chi connectivity index (χ2v) is 6.45. The van der Waals surface area contributed by atoms with E-state index in [1.54, 1.807) is 4.90 Å². The van der Waals surface area contributed by atoms with Gasteiger partial charge in [0.05, 0.1) is 11.5 Å². The van der Waals surface area contributed by atoms with E-state index in [0.29, 0.717) is 6.54 Å². The van der Waals surface area contributed by atoms with E-state index in [1.807, 2.05) is 0 Å². The molecule has 4 nitrogen and oxygen atoms in total. The molecule has 2 fully saturated rings. The minimum Gasteiger partial charge on any atom is -0.339 e. The highest BCUT2D eigenvalue weighted by atomic mass is 19.4. The van der Waals surface area contributed by atoms with Crippen LogP contribution in [0.5, 0.6) is 0 Å². The van der Waals surface area contributed by atoms with Gasteiger partial charge in [-0.3, -0.25) is 9.59 Å². The van der Waals surface area contributed by atoms with Crippen molar-refractivity contribution in [2.75, 3.05) is 11.9 Å². The minimum absolute atomic E-state index is 0.0360. The number of likely N-dealkylation sites (tertiary alicyclic amines) is 1. The molecule has 1 aliphatic heterocycles. The van der Waals surface area contributed by atoms with Crippen LogP contribution >= 0.6 is 0 Å². The lowest BCUT2D eigenvalue weighted by Gasteiger charge is -2.23. The summed E-state index contributed by atoms with van der Waals surface area (Å²) in [5.74, 6) is -0.943. The molecule has 0 unspecified atom stereocenters. The third kappa shape index (κ3) is 3.55. The van der Waals surface area contributed by atoms with E-state index in [1.165, 1.54) is 12.1 Å². The van der Waals surface area contributed by atoms with Gasteiger partial charge >= 0.3 is 6.18 Å². The highest BCUT2D eigenvalue weighted by Gasteiger charge is 2.38. The number of alkyl halides is 3. The quantitative estimate of drug-likeness (QED) is 0.916. The number of anilines is 1. The van der Waals surface area contributed by atoms with Crippen LogP contribution in [0.2, 0.25) is 0 Å². The van der Waals surface area contributed by atoms with Crippen molar-refractivity contribution < 1.29 is 22.8 Å². The van der Waals surface area contributed by atoms with Crippen molar-refractivity contribution in [1.82, 2.24) is 4.90 Å². The predicted octanol–water partition coefficient (Wildman–Crippen LogP) is 3.44. The largest absolute Gasteiger partial charge is 0.416 e. The number of hydrogen-bond acceptors (Lipinski definition) is 2. The zero-order valence-corrected chi connectivity index (χ0v) is 13.1. The summed E-state index contributed by atoms with van der Waals surface area (Å²) < 4.78 is 38.2. The van der Waals surface area contributed by atoms with Gasteiger partial charge in [0.25, 0.3) is 0 Å². The Morgan fingerprint density at radius 3 is 2.58 bits per heavy atom. The summed E-state index contributed by atoms with van der Waals surface area (Å²) in [6, 6.07) is 4.74. The Morgan fingerprint density at radius 2 is 1.92 bits per heavy atom. The van der Waals surface area contributed by atoms with Crippen LogP contribution in [0.1, 0.15) is 37.7 Å². The number of halogens is 3. The fourth-order valence-corrected chi connectivity index (χ4v) is 3.49. The van der Waals surface area contributed by atoms with Crippen LogP contribution in [0.4, 0.5) is 18.9 Å². The van der Waals surface area contributed by atoms with E-state index in [-0.39, 0.29) is 24.1 Å². The molecule has 0 aromatic heterocycles. The number of hydrogen-bond donors (Lipinski definition) is 1. The van der Waals surface area contributed by atoms with Crippen LogP contribution in [0.15, 0.2) is 24.3 Å². The van der Waals surface area contributed by atoms with Crippen LogP contribution < -0.4 is 5.32 Å². The van der Waals surface area contributed by atoms with Crippen LogP contribution in [0.25, 0.3) is 0 Å². The maximum absolute atomic E-state index is 12.7. The lowest BCUT2D eigenvalue weighted by atomic mass is 10.1. The van der Waals surface area contributed by atoms with Crippen molar-refractivity contribution in [3.63, 3.8) is 0 Å². The van der Waals surface area contributed by atoms with Gasteiger partial charge in [0.15, 0.2) is 0 Å². The highest BCUT2D eigenvalue weighted by molar-refractivity contribution is 5.97. The van der Waals surface area contributed by atoms with Gasteiger partial charge in [0.2, 0.25) is 11.8 Å². The number of carbonyl (C=O) groups is 2. The van der Waals surface area contributed by atoms with Gasteiger partial charge in [0.1, 0.15) is 0 Å². The maximum Gasteiger partial charge on any atom is 0.416 e. The third-order valence-corrected chi connectivity index (χ3v) is 4.75. The lowest BCUT2D eigenvalue weighted by molar-refractivity contribution is -0.137. The van der Waals surface area contributed by atoms with Crippen molar-refractivity contribution in [3.05, 3.63) is 29.8 Å². The molecule has 0 spiro atoms. The second kappa shape index (κ2) is 6.45. The molecule has 130 valence electrons. The Balaban J connectivity index is 1.64. The monoisotopic (exact) mass is 340 g/mol. The molecule has 1 aromatic rings. The first-order valence-corrected chi connectivity index (χ1v) is 8.12. The summed E-state index contributed by atoms with van der Waals surface area (Å²) in [5.41, 5.74) is -0.711. The molecule has 1 saturated heterocycles. The molecule has 2 amide bonds. The zero-order valence-electron chi connectivity index (χ0n) is 13.1. The van der Waals surface area contributed by atoms with Gasteiger partial charge in [-0.15, -0.1) is 0 Å². The molecule has 1 heterocycles.